The molecule has 20 heavy (non-hydrogen) atoms. The second-order valence-electron chi connectivity index (χ2n) is 6.27. The Kier molecular flexibility index (Phi) is 9.49. The van der Waals surface area contributed by atoms with Gasteiger partial charge < -0.3 is 10.1 Å². The van der Waals surface area contributed by atoms with Crippen LogP contribution in [0.15, 0.2) is 0 Å². The average Bonchev–Trinajstić information content (AvgIpc) is 2.46. The minimum absolute atomic E-state index is 0.676. The van der Waals surface area contributed by atoms with Gasteiger partial charge in [0.2, 0.25) is 0 Å². The van der Waals surface area contributed by atoms with Crippen molar-refractivity contribution < 1.29 is 4.74 Å². The van der Waals surface area contributed by atoms with E-state index in [9.17, 15) is 0 Å². The Labute approximate surface area is 126 Å². The lowest BCUT2D eigenvalue weighted by Gasteiger charge is -2.42. The van der Waals surface area contributed by atoms with Gasteiger partial charge in [-0.1, -0.05) is 26.7 Å². The van der Waals surface area contributed by atoms with Gasteiger partial charge >= 0.3 is 0 Å². The van der Waals surface area contributed by atoms with Gasteiger partial charge in [-0.05, 0) is 52.1 Å². The summed E-state index contributed by atoms with van der Waals surface area (Å²) < 4.78 is 5.52. The molecule has 1 rings (SSSR count). The van der Waals surface area contributed by atoms with Crippen molar-refractivity contribution in [3.63, 3.8) is 0 Å². The monoisotopic (exact) mass is 284 g/mol. The summed E-state index contributed by atoms with van der Waals surface area (Å²) >= 11 is 0. The lowest BCUT2D eigenvalue weighted by atomic mass is 9.79. The number of nitrogens with zero attached hydrogens (tertiary/aromatic N) is 1. The highest BCUT2D eigenvalue weighted by atomic mass is 16.5. The van der Waals surface area contributed by atoms with Gasteiger partial charge in [0.25, 0.3) is 0 Å². The molecule has 0 aromatic rings. The molecule has 0 saturated heterocycles. The summed E-state index contributed by atoms with van der Waals surface area (Å²) in [4.78, 5) is 2.53. The van der Waals surface area contributed by atoms with E-state index < -0.39 is 0 Å². The molecule has 0 amide bonds. The van der Waals surface area contributed by atoms with E-state index in [1.807, 2.05) is 0 Å². The van der Waals surface area contributed by atoms with Crippen LogP contribution in [0.25, 0.3) is 0 Å². The molecule has 1 aliphatic rings. The fraction of sp³-hybridized carbons (Fsp3) is 1.00. The Bertz CT molecular complexity index is 235. The molecule has 0 aliphatic heterocycles. The first-order valence-electron chi connectivity index (χ1n) is 8.74. The molecule has 3 atom stereocenters. The molecule has 0 bridgehead atoms. The van der Waals surface area contributed by atoms with Gasteiger partial charge in [0, 0.05) is 25.2 Å². The molecule has 1 aliphatic carbocycles. The number of hydrogen-bond acceptors (Lipinski definition) is 3. The van der Waals surface area contributed by atoms with Crippen molar-refractivity contribution in [2.45, 2.75) is 71.4 Å². The Hall–Kier alpha value is -0.120. The van der Waals surface area contributed by atoms with Crippen molar-refractivity contribution in [1.29, 1.82) is 0 Å². The largest absolute Gasteiger partial charge is 0.380 e. The van der Waals surface area contributed by atoms with E-state index in [0.717, 1.165) is 32.2 Å². The highest BCUT2D eigenvalue weighted by molar-refractivity contribution is 4.90. The Balaban J connectivity index is 2.50. The quantitative estimate of drug-likeness (QED) is 0.623. The van der Waals surface area contributed by atoms with Gasteiger partial charge in [-0.3, -0.25) is 4.90 Å². The van der Waals surface area contributed by atoms with Crippen LogP contribution < -0.4 is 5.32 Å². The second-order valence-corrected chi connectivity index (χ2v) is 6.27. The van der Waals surface area contributed by atoms with E-state index >= 15 is 0 Å². The SMILES string of the molecule is CCCNC1CCC(CCC)CC1N(C)CCOCC. The van der Waals surface area contributed by atoms with Crippen molar-refractivity contribution in [2.24, 2.45) is 5.92 Å². The average molecular weight is 284 g/mol. The molecule has 0 heterocycles. The number of likely N-dealkylation sites (N-methyl/N-ethyl adjacent to an activating group) is 1. The number of nitrogens with one attached hydrogen (secondary N) is 1. The molecule has 1 N–H and O–H groups in total. The van der Waals surface area contributed by atoms with E-state index in [0.29, 0.717) is 12.1 Å². The highest BCUT2D eigenvalue weighted by Gasteiger charge is 2.32. The molecule has 120 valence electrons. The van der Waals surface area contributed by atoms with Crippen molar-refractivity contribution in [3.8, 4) is 0 Å². The minimum atomic E-state index is 0.676. The zero-order chi connectivity index (χ0) is 14.8. The predicted octanol–water partition coefficient (Wildman–Crippen LogP) is 3.29. The van der Waals surface area contributed by atoms with Crippen LogP contribution >= 0.6 is 0 Å². The van der Waals surface area contributed by atoms with Crippen LogP contribution in [-0.4, -0.2) is 50.3 Å². The van der Waals surface area contributed by atoms with Crippen LogP contribution in [0.5, 0.6) is 0 Å². The van der Waals surface area contributed by atoms with Crippen LogP contribution in [0.4, 0.5) is 0 Å². The summed E-state index contributed by atoms with van der Waals surface area (Å²) in [5.41, 5.74) is 0. The van der Waals surface area contributed by atoms with Gasteiger partial charge in [-0.15, -0.1) is 0 Å². The molecule has 0 radical (unpaired) electrons. The third-order valence-electron chi connectivity index (χ3n) is 4.64. The van der Waals surface area contributed by atoms with Crippen LogP contribution in [0.1, 0.15) is 59.3 Å². The standard InChI is InChI=1S/C17H36N2O/c1-5-8-15-9-10-16(18-11-6-2)17(14-15)19(4)12-13-20-7-3/h15-18H,5-14H2,1-4H3. The molecular weight excluding hydrogens is 248 g/mol. The number of rotatable bonds is 10. The van der Waals surface area contributed by atoms with E-state index in [-0.39, 0.29) is 0 Å². The zero-order valence-corrected chi connectivity index (χ0v) is 14.2. The molecule has 1 fully saturated rings. The van der Waals surface area contributed by atoms with Crippen molar-refractivity contribution in [1.82, 2.24) is 10.2 Å². The third kappa shape index (κ3) is 6.11. The Morgan fingerprint density at radius 1 is 1.15 bits per heavy atom. The van der Waals surface area contributed by atoms with Crippen LogP contribution in [0.3, 0.4) is 0 Å². The summed E-state index contributed by atoms with van der Waals surface area (Å²) in [5, 5.41) is 3.77. The first-order chi connectivity index (χ1) is 9.72. The van der Waals surface area contributed by atoms with Gasteiger partial charge in [-0.25, -0.2) is 0 Å². The molecule has 0 aromatic carbocycles. The molecule has 3 nitrogen and oxygen atoms in total. The van der Waals surface area contributed by atoms with E-state index in [4.69, 9.17) is 4.74 Å². The first-order valence-corrected chi connectivity index (χ1v) is 8.74. The maximum Gasteiger partial charge on any atom is 0.0593 e. The van der Waals surface area contributed by atoms with E-state index in [2.05, 4.69) is 38.0 Å². The van der Waals surface area contributed by atoms with Gasteiger partial charge in [-0.2, -0.15) is 0 Å². The summed E-state index contributed by atoms with van der Waals surface area (Å²) in [6.45, 7) is 10.5. The number of hydrogen-bond donors (Lipinski definition) is 1. The first kappa shape index (κ1) is 17.9. The van der Waals surface area contributed by atoms with Gasteiger partial charge in [0.1, 0.15) is 0 Å². The minimum Gasteiger partial charge on any atom is -0.380 e. The maximum atomic E-state index is 5.52. The predicted molar refractivity (Wildman–Crippen MR) is 87.2 cm³/mol. The topological polar surface area (TPSA) is 24.5 Å². The highest BCUT2D eigenvalue weighted by Crippen LogP contribution is 2.30. The molecule has 3 unspecified atom stereocenters. The molecule has 0 aromatic heterocycles. The fourth-order valence-corrected chi connectivity index (χ4v) is 3.48. The fourth-order valence-electron chi connectivity index (χ4n) is 3.48. The van der Waals surface area contributed by atoms with Crippen LogP contribution in [0.2, 0.25) is 0 Å². The molecular formula is C17H36N2O. The Morgan fingerprint density at radius 2 is 1.95 bits per heavy atom. The second kappa shape index (κ2) is 10.6. The zero-order valence-electron chi connectivity index (χ0n) is 14.2. The lowest BCUT2D eigenvalue weighted by molar-refractivity contribution is 0.0718. The van der Waals surface area contributed by atoms with E-state index in [1.165, 1.54) is 38.5 Å². The summed E-state index contributed by atoms with van der Waals surface area (Å²) in [6.07, 6.45) is 8.06. The normalized spacial score (nSPS) is 27.1. The molecule has 3 heteroatoms. The molecule has 0 spiro atoms. The summed E-state index contributed by atoms with van der Waals surface area (Å²) in [5.74, 6) is 0.930. The smallest absolute Gasteiger partial charge is 0.0593 e. The molecule has 1 saturated carbocycles. The van der Waals surface area contributed by atoms with Crippen molar-refractivity contribution in [2.75, 3.05) is 33.4 Å². The van der Waals surface area contributed by atoms with Gasteiger partial charge in [0.05, 0.1) is 6.61 Å². The van der Waals surface area contributed by atoms with Gasteiger partial charge in [0.15, 0.2) is 0 Å². The lowest BCUT2D eigenvalue weighted by Crippen LogP contribution is -2.52. The third-order valence-corrected chi connectivity index (χ3v) is 4.64. The Morgan fingerprint density at radius 3 is 2.60 bits per heavy atom. The maximum absolute atomic E-state index is 5.52. The summed E-state index contributed by atoms with van der Waals surface area (Å²) in [6, 6.07) is 1.36. The van der Waals surface area contributed by atoms with E-state index in [1.54, 1.807) is 0 Å². The van der Waals surface area contributed by atoms with Crippen molar-refractivity contribution in [3.05, 3.63) is 0 Å². The number of ether oxygens (including phenoxy) is 1. The van der Waals surface area contributed by atoms with Crippen LogP contribution in [-0.2, 0) is 4.74 Å². The van der Waals surface area contributed by atoms with Crippen molar-refractivity contribution >= 4 is 0 Å². The summed E-state index contributed by atoms with van der Waals surface area (Å²) in [7, 11) is 2.28. The van der Waals surface area contributed by atoms with Crippen LogP contribution in [0, 0.1) is 5.92 Å².